The molecule has 2 aromatic rings. The molecule has 2 heterocycles. The summed E-state index contributed by atoms with van der Waals surface area (Å²) in [7, 11) is 1.54. The Labute approximate surface area is 110 Å². The average Bonchev–Trinajstić information content (AvgIpc) is 2.45. The van der Waals surface area contributed by atoms with Crippen molar-refractivity contribution in [3.8, 4) is 5.88 Å². The molecular weight excluding hydrogens is 244 g/mol. The van der Waals surface area contributed by atoms with Gasteiger partial charge in [-0.05, 0) is 23.8 Å². The lowest BCUT2D eigenvalue weighted by atomic mass is 10.2. The molecule has 98 valence electrons. The maximum atomic E-state index is 11.8. The van der Waals surface area contributed by atoms with Crippen molar-refractivity contribution < 1.29 is 9.53 Å². The molecule has 6 heteroatoms. The summed E-state index contributed by atoms with van der Waals surface area (Å²) in [6.45, 7) is 0.369. The molecule has 0 fully saturated rings. The number of methoxy groups -OCH3 is 1. The number of nitrogens with zero attached hydrogens (tertiary/aromatic N) is 2. The van der Waals surface area contributed by atoms with Crippen LogP contribution in [-0.2, 0) is 6.54 Å². The predicted octanol–water partition coefficient (Wildman–Crippen LogP) is 0.997. The van der Waals surface area contributed by atoms with Crippen LogP contribution in [0.3, 0.4) is 0 Å². The fourth-order valence-electron chi connectivity index (χ4n) is 1.52. The van der Waals surface area contributed by atoms with Crippen LogP contribution in [0.4, 0.5) is 5.69 Å². The largest absolute Gasteiger partial charge is 0.481 e. The zero-order valence-electron chi connectivity index (χ0n) is 10.5. The molecule has 0 bridgehead atoms. The van der Waals surface area contributed by atoms with Crippen LogP contribution in [0.25, 0.3) is 0 Å². The third-order valence-corrected chi connectivity index (χ3v) is 2.48. The van der Waals surface area contributed by atoms with Crippen molar-refractivity contribution in [3.05, 3.63) is 47.9 Å². The van der Waals surface area contributed by atoms with Crippen molar-refractivity contribution in [2.45, 2.75) is 6.54 Å². The van der Waals surface area contributed by atoms with E-state index in [0.717, 1.165) is 5.56 Å². The van der Waals surface area contributed by atoms with Gasteiger partial charge in [0.05, 0.1) is 7.11 Å². The average molecular weight is 258 g/mol. The van der Waals surface area contributed by atoms with Crippen LogP contribution >= 0.6 is 0 Å². The van der Waals surface area contributed by atoms with Crippen molar-refractivity contribution in [3.63, 3.8) is 0 Å². The third kappa shape index (κ3) is 3.41. The number of nitrogens with one attached hydrogen (secondary N) is 1. The lowest BCUT2D eigenvalue weighted by Crippen LogP contribution is -2.23. The van der Waals surface area contributed by atoms with Gasteiger partial charge >= 0.3 is 0 Å². The second kappa shape index (κ2) is 5.81. The number of nitrogens with two attached hydrogens (primary N) is 1. The second-order valence-corrected chi connectivity index (χ2v) is 3.86. The summed E-state index contributed by atoms with van der Waals surface area (Å²) in [4.78, 5) is 19.8. The summed E-state index contributed by atoms with van der Waals surface area (Å²) in [6, 6.07) is 6.72. The molecule has 0 radical (unpaired) electrons. The van der Waals surface area contributed by atoms with E-state index in [0.29, 0.717) is 23.8 Å². The van der Waals surface area contributed by atoms with E-state index < -0.39 is 0 Å². The van der Waals surface area contributed by atoms with Crippen LogP contribution in [0.15, 0.2) is 36.7 Å². The molecule has 0 atom stereocenters. The number of hydrogen-bond donors (Lipinski definition) is 2. The summed E-state index contributed by atoms with van der Waals surface area (Å²) in [5.41, 5.74) is 7.29. The van der Waals surface area contributed by atoms with Crippen LogP contribution in [-0.4, -0.2) is 23.0 Å². The number of aromatic nitrogens is 2. The van der Waals surface area contributed by atoms with Crippen LogP contribution in [0.2, 0.25) is 0 Å². The first-order chi connectivity index (χ1) is 9.19. The van der Waals surface area contributed by atoms with Gasteiger partial charge in [0, 0.05) is 30.7 Å². The highest BCUT2D eigenvalue weighted by molar-refractivity contribution is 5.92. The van der Waals surface area contributed by atoms with Crippen LogP contribution in [0, 0.1) is 0 Å². The Hall–Kier alpha value is -2.63. The smallest absolute Gasteiger partial charge is 0.270 e. The van der Waals surface area contributed by atoms with E-state index in [9.17, 15) is 4.79 Å². The van der Waals surface area contributed by atoms with Gasteiger partial charge in [0.1, 0.15) is 5.69 Å². The normalized spacial score (nSPS) is 9.95. The first-order valence-electron chi connectivity index (χ1n) is 5.67. The molecule has 19 heavy (non-hydrogen) atoms. The molecular formula is C13H14N4O2. The molecule has 0 aromatic carbocycles. The maximum Gasteiger partial charge on any atom is 0.270 e. The molecule has 6 nitrogen and oxygen atoms in total. The van der Waals surface area contributed by atoms with Crippen molar-refractivity contribution in [2.24, 2.45) is 0 Å². The van der Waals surface area contributed by atoms with Gasteiger partial charge in [0.2, 0.25) is 5.88 Å². The van der Waals surface area contributed by atoms with Gasteiger partial charge < -0.3 is 15.8 Å². The fraction of sp³-hybridized carbons (Fsp3) is 0.154. The van der Waals surface area contributed by atoms with Gasteiger partial charge in [-0.3, -0.25) is 9.78 Å². The number of ether oxygens (including phenoxy) is 1. The number of carbonyl (C=O) groups excluding carboxylic acids is 1. The minimum Gasteiger partial charge on any atom is -0.481 e. The van der Waals surface area contributed by atoms with E-state index in [1.54, 1.807) is 31.5 Å². The predicted molar refractivity (Wildman–Crippen MR) is 70.6 cm³/mol. The monoisotopic (exact) mass is 258 g/mol. The molecule has 0 aliphatic carbocycles. The van der Waals surface area contributed by atoms with E-state index in [1.165, 1.54) is 12.3 Å². The number of anilines is 1. The number of pyridine rings is 2. The molecule has 0 aliphatic heterocycles. The molecule has 2 aromatic heterocycles. The quantitative estimate of drug-likeness (QED) is 0.853. The molecule has 0 unspecified atom stereocenters. The first kappa shape index (κ1) is 12.8. The Balaban J connectivity index is 2.00. The summed E-state index contributed by atoms with van der Waals surface area (Å²) >= 11 is 0. The standard InChI is InChI=1S/C13H14N4O2/c1-19-12-6-9(2-4-16-12)8-17-13(18)11-7-10(14)3-5-15-11/h2-7H,8H2,1H3,(H2,14,15)(H,17,18). The van der Waals surface area contributed by atoms with E-state index in [1.807, 2.05) is 0 Å². The molecule has 1 amide bonds. The molecule has 0 spiro atoms. The van der Waals surface area contributed by atoms with E-state index in [2.05, 4.69) is 15.3 Å². The highest BCUT2D eigenvalue weighted by Gasteiger charge is 2.07. The van der Waals surface area contributed by atoms with E-state index in [-0.39, 0.29) is 5.91 Å². The molecule has 2 rings (SSSR count). The molecule has 0 saturated carbocycles. The first-order valence-corrected chi connectivity index (χ1v) is 5.67. The third-order valence-electron chi connectivity index (χ3n) is 2.48. The van der Waals surface area contributed by atoms with Crippen LogP contribution in [0.5, 0.6) is 5.88 Å². The van der Waals surface area contributed by atoms with Crippen molar-refractivity contribution in [2.75, 3.05) is 12.8 Å². The van der Waals surface area contributed by atoms with Crippen molar-refractivity contribution in [1.29, 1.82) is 0 Å². The minimum atomic E-state index is -0.275. The van der Waals surface area contributed by atoms with Gasteiger partial charge in [-0.15, -0.1) is 0 Å². The van der Waals surface area contributed by atoms with E-state index in [4.69, 9.17) is 10.5 Å². The van der Waals surface area contributed by atoms with Crippen molar-refractivity contribution >= 4 is 11.6 Å². The SMILES string of the molecule is COc1cc(CNC(=O)c2cc(N)ccn2)ccn1. The van der Waals surface area contributed by atoms with Crippen LogP contribution in [0.1, 0.15) is 16.1 Å². The number of amides is 1. The van der Waals surface area contributed by atoms with Gasteiger partial charge in [-0.2, -0.15) is 0 Å². The summed E-state index contributed by atoms with van der Waals surface area (Å²) in [5, 5.41) is 2.75. The Bertz CT molecular complexity index is 586. The number of rotatable bonds is 4. The van der Waals surface area contributed by atoms with Gasteiger partial charge in [-0.25, -0.2) is 4.98 Å². The van der Waals surface area contributed by atoms with E-state index >= 15 is 0 Å². The maximum absolute atomic E-state index is 11.8. The Kier molecular flexibility index (Phi) is 3.92. The number of carbonyl (C=O) groups is 1. The summed E-state index contributed by atoms with van der Waals surface area (Å²) in [5.74, 6) is 0.233. The van der Waals surface area contributed by atoms with Crippen molar-refractivity contribution in [1.82, 2.24) is 15.3 Å². The topological polar surface area (TPSA) is 90.1 Å². The Morgan fingerprint density at radius 2 is 2.11 bits per heavy atom. The molecule has 0 aliphatic rings. The van der Waals surface area contributed by atoms with Gasteiger partial charge in [0.15, 0.2) is 0 Å². The van der Waals surface area contributed by atoms with Crippen LogP contribution < -0.4 is 15.8 Å². The lowest BCUT2D eigenvalue weighted by Gasteiger charge is -2.06. The molecule has 0 saturated heterocycles. The number of nitrogen functional groups attached to an aromatic ring is 1. The zero-order chi connectivity index (χ0) is 13.7. The Morgan fingerprint density at radius 3 is 2.84 bits per heavy atom. The number of hydrogen-bond acceptors (Lipinski definition) is 5. The lowest BCUT2D eigenvalue weighted by molar-refractivity contribution is 0.0946. The summed E-state index contributed by atoms with van der Waals surface area (Å²) in [6.07, 6.45) is 3.12. The minimum absolute atomic E-state index is 0.275. The highest BCUT2D eigenvalue weighted by Crippen LogP contribution is 2.08. The summed E-state index contributed by atoms with van der Waals surface area (Å²) < 4.78 is 5.01. The Morgan fingerprint density at radius 1 is 1.32 bits per heavy atom. The zero-order valence-corrected chi connectivity index (χ0v) is 10.5. The van der Waals surface area contributed by atoms with Gasteiger partial charge in [-0.1, -0.05) is 0 Å². The molecule has 3 N–H and O–H groups in total. The fourth-order valence-corrected chi connectivity index (χ4v) is 1.52. The van der Waals surface area contributed by atoms with Gasteiger partial charge in [0.25, 0.3) is 5.91 Å². The second-order valence-electron chi connectivity index (χ2n) is 3.86. The highest BCUT2D eigenvalue weighted by atomic mass is 16.5.